The molecule has 1 aromatic carbocycles. The highest BCUT2D eigenvalue weighted by molar-refractivity contribution is 5.89. The van der Waals surface area contributed by atoms with E-state index in [1.165, 1.54) is 6.07 Å². The van der Waals surface area contributed by atoms with Crippen molar-refractivity contribution in [3.8, 4) is 5.75 Å². The number of carbonyl (C=O) groups excluding carboxylic acids is 2. The number of benzene rings is 1. The van der Waals surface area contributed by atoms with E-state index in [4.69, 9.17) is 0 Å². The Bertz CT molecular complexity index is 643. The Morgan fingerprint density at radius 1 is 1.42 bits per heavy atom. The van der Waals surface area contributed by atoms with E-state index >= 15 is 0 Å². The Labute approximate surface area is 140 Å². The van der Waals surface area contributed by atoms with Crippen molar-refractivity contribution in [3.63, 3.8) is 0 Å². The first-order valence-corrected chi connectivity index (χ1v) is 8.43. The van der Waals surface area contributed by atoms with Gasteiger partial charge >= 0.3 is 0 Å². The summed E-state index contributed by atoms with van der Waals surface area (Å²) in [6, 6.07) is 4.07. The zero-order valence-electron chi connectivity index (χ0n) is 13.8. The molecular formula is C18H23FN2O3. The number of nitrogens with one attached hydrogen (secondary N) is 1. The Kier molecular flexibility index (Phi) is 4.47. The molecule has 0 aromatic heterocycles. The molecule has 2 aliphatic rings. The van der Waals surface area contributed by atoms with E-state index in [0.717, 1.165) is 24.5 Å². The van der Waals surface area contributed by atoms with Crippen LogP contribution in [0.3, 0.4) is 0 Å². The third kappa shape index (κ3) is 3.37. The number of rotatable bonds is 2. The Morgan fingerprint density at radius 2 is 2.21 bits per heavy atom. The zero-order valence-corrected chi connectivity index (χ0v) is 13.8. The summed E-state index contributed by atoms with van der Waals surface area (Å²) in [6.07, 6.45) is 2.53. The van der Waals surface area contributed by atoms with Crippen LogP contribution in [0.1, 0.15) is 44.1 Å². The summed E-state index contributed by atoms with van der Waals surface area (Å²) < 4.78 is 13.5. The average molecular weight is 334 g/mol. The predicted octanol–water partition coefficient (Wildman–Crippen LogP) is 2.15. The molecule has 0 radical (unpaired) electrons. The molecule has 130 valence electrons. The summed E-state index contributed by atoms with van der Waals surface area (Å²) in [6.45, 7) is 3.54. The number of halogens is 1. The molecule has 2 N–H and O–H groups in total. The maximum Gasteiger partial charge on any atom is 0.229 e. The van der Waals surface area contributed by atoms with Crippen LogP contribution in [-0.4, -0.2) is 41.5 Å². The van der Waals surface area contributed by atoms with Gasteiger partial charge in [-0.1, -0.05) is 6.92 Å². The van der Waals surface area contributed by atoms with Crippen molar-refractivity contribution in [2.24, 2.45) is 5.41 Å². The predicted molar refractivity (Wildman–Crippen MR) is 87.0 cm³/mol. The van der Waals surface area contributed by atoms with E-state index in [0.29, 0.717) is 26.1 Å². The first-order chi connectivity index (χ1) is 11.4. The molecule has 2 aliphatic heterocycles. The van der Waals surface area contributed by atoms with Crippen molar-refractivity contribution in [2.75, 3.05) is 19.6 Å². The van der Waals surface area contributed by atoms with Crippen molar-refractivity contribution >= 4 is 11.8 Å². The number of hydrogen-bond acceptors (Lipinski definition) is 3. The number of phenols is 1. The van der Waals surface area contributed by atoms with Crippen molar-refractivity contribution < 1.29 is 19.1 Å². The number of phenolic OH excluding ortho intramolecular Hbond substituents is 1. The van der Waals surface area contributed by atoms with Gasteiger partial charge in [0.2, 0.25) is 11.8 Å². The van der Waals surface area contributed by atoms with Crippen LogP contribution in [0.15, 0.2) is 18.2 Å². The van der Waals surface area contributed by atoms with Crippen LogP contribution in [0.2, 0.25) is 0 Å². The lowest BCUT2D eigenvalue weighted by atomic mass is 9.78. The molecule has 24 heavy (non-hydrogen) atoms. The van der Waals surface area contributed by atoms with Crippen LogP contribution >= 0.6 is 0 Å². The van der Waals surface area contributed by atoms with Gasteiger partial charge in [0.05, 0.1) is 5.41 Å². The molecule has 0 bridgehead atoms. The molecule has 2 fully saturated rings. The van der Waals surface area contributed by atoms with Gasteiger partial charge in [0.25, 0.3) is 0 Å². The average Bonchev–Trinajstić information content (AvgIpc) is 2.53. The van der Waals surface area contributed by atoms with Gasteiger partial charge in [-0.15, -0.1) is 0 Å². The molecule has 5 nitrogen and oxygen atoms in total. The lowest BCUT2D eigenvalue weighted by molar-refractivity contribution is -0.148. The van der Waals surface area contributed by atoms with Crippen molar-refractivity contribution in [1.82, 2.24) is 10.2 Å². The Hall–Kier alpha value is -2.11. The van der Waals surface area contributed by atoms with Crippen LogP contribution in [0.5, 0.6) is 5.75 Å². The molecular weight excluding hydrogens is 311 g/mol. The first kappa shape index (κ1) is 16.7. The van der Waals surface area contributed by atoms with Gasteiger partial charge in [-0.25, -0.2) is 4.39 Å². The largest absolute Gasteiger partial charge is 0.508 e. The quantitative estimate of drug-likeness (QED) is 0.871. The van der Waals surface area contributed by atoms with Gasteiger partial charge in [0.15, 0.2) is 0 Å². The minimum atomic E-state index is -0.658. The SMILES string of the molecule is CC1(C(=O)N2CCCC(c3cc(O)cc(F)c3)C2)CCNC(=O)C1. The zero-order chi connectivity index (χ0) is 17.3. The summed E-state index contributed by atoms with van der Waals surface area (Å²) >= 11 is 0. The second-order valence-corrected chi connectivity index (χ2v) is 7.17. The lowest BCUT2D eigenvalue weighted by Crippen LogP contribution is -2.51. The fraction of sp³-hybridized carbons (Fsp3) is 0.556. The first-order valence-electron chi connectivity index (χ1n) is 8.43. The molecule has 2 atom stereocenters. The van der Waals surface area contributed by atoms with Gasteiger partial charge in [-0.3, -0.25) is 9.59 Å². The summed E-state index contributed by atoms with van der Waals surface area (Å²) in [4.78, 5) is 26.4. The molecule has 6 heteroatoms. The van der Waals surface area contributed by atoms with Crippen LogP contribution in [-0.2, 0) is 9.59 Å². The van der Waals surface area contributed by atoms with Gasteiger partial charge < -0.3 is 15.3 Å². The number of nitrogens with zero attached hydrogens (tertiary/aromatic N) is 1. The maximum atomic E-state index is 13.5. The number of amides is 2. The molecule has 0 spiro atoms. The third-order valence-electron chi connectivity index (χ3n) is 5.15. The van der Waals surface area contributed by atoms with Crippen molar-refractivity contribution in [3.05, 3.63) is 29.6 Å². The molecule has 0 aliphatic carbocycles. The minimum Gasteiger partial charge on any atom is -0.508 e. The lowest BCUT2D eigenvalue weighted by Gasteiger charge is -2.40. The van der Waals surface area contributed by atoms with Crippen LogP contribution in [0, 0.1) is 11.2 Å². The molecule has 2 amide bonds. The van der Waals surface area contributed by atoms with Crippen LogP contribution in [0.4, 0.5) is 4.39 Å². The fourth-order valence-corrected chi connectivity index (χ4v) is 3.81. The van der Waals surface area contributed by atoms with E-state index in [1.807, 2.05) is 6.92 Å². The molecule has 1 aromatic rings. The summed E-state index contributed by atoms with van der Waals surface area (Å²) in [7, 11) is 0. The molecule has 0 saturated carbocycles. The highest BCUT2D eigenvalue weighted by Crippen LogP contribution is 2.35. The second kappa shape index (κ2) is 6.42. The Morgan fingerprint density at radius 3 is 2.92 bits per heavy atom. The summed E-state index contributed by atoms with van der Waals surface area (Å²) in [5, 5.41) is 12.4. The van der Waals surface area contributed by atoms with Gasteiger partial charge in [-0.2, -0.15) is 0 Å². The minimum absolute atomic E-state index is 0.00248. The van der Waals surface area contributed by atoms with E-state index in [1.54, 1.807) is 11.0 Å². The molecule has 2 heterocycles. The summed E-state index contributed by atoms with van der Waals surface area (Å²) in [5.41, 5.74) is 0.0606. The normalized spacial score (nSPS) is 27.7. The van der Waals surface area contributed by atoms with E-state index in [9.17, 15) is 19.1 Å². The standard InChI is InChI=1S/C18H23FN2O3/c1-18(4-5-20-16(23)10-18)17(24)21-6-2-3-12(11-21)13-7-14(19)9-15(22)8-13/h7-9,12,22H,2-6,10-11H2,1H3,(H,20,23). The number of carbonyl (C=O) groups is 2. The van der Waals surface area contributed by atoms with E-state index in [2.05, 4.69) is 5.32 Å². The van der Waals surface area contributed by atoms with Crippen LogP contribution in [0.25, 0.3) is 0 Å². The van der Waals surface area contributed by atoms with E-state index in [-0.39, 0.29) is 29.9 Å². The molecule has 2 saturated heterocycles. The van der Waals surface area contributed by atoms with Crippen molar-refractivity contribution in [2.45, 2.75) is 38.5 Å². The number of aromatic hydroxyl groups is 1. The number of piperidine rings is 2. The van der Waals surface area contributed by atoms with Crippen molar-refractivity contribution in [1.29, 1.82) is 0 Å². The fourth-order valence-electron chi connectivity index (χ4n) is 3.81. The number of likely N-dealkylation sites (tertiary alicyclic amines) is 1. The maximum absolute atomic E-state index is 13.5. The van der Waals surface area contributed by atoms with Gasteiger partial charge in [0, 0.05) is 38.0 Å². The summed E-state index contributed by atoms with van der Waals surface area (Å²) in [5.74, 6) is -0.637. The smallest absolute Gasteiger partial charge is 0.229 e. The topological polar surface area (TPSA) is 69.6 Å². The monoisotopic (exact) mass is 334 g/mol. The van der Waals surface area contributed by atoms with Gasteiger partial charge in [-0.05, 0) is 37.0 Å². The highest BCUT2D eigenvalue weighted by Gasteiger charge is 2.41. The highest BCUT2D eigenvalue weighted by atomic mass is 19.1. The molecule has 2 unspecified atom stereocenters. The van der Waals surface area contributed by atoms with Crippen LogP contribution < -0.4 is 5.32 Å². The Balaban J connectivity index is 1.75. The third-order valence-corrected chi connectivity index (χ3v) is 5.15. The molecule has 3 rings (SSSR count). The van der Waals surface area contributed by atoms with Gasteiger partial charge in [0.1, 0.15) is 11.6 Å². The number of hydrogen-bond donors (Lipinski definition) is 2. The second-order valence-electron chi connectivity index (χ2n) is 7.17. The van der Waals surface area contributed by atoms with E-state index < -0.39 is 11.2 Å².